The molecule has 94 valence electrons. The summed E-state index contributed by atoms with van der Waals surface area (Å²) in [5.74, 6) is 0. The first-order chi connectivity index (χ1) is 8.59. The van der Waals surface area contributed by atoms with Crippen molar-refractivity contribution in [2.75, 3.05) is 0 Å². The van der Waals surface area contributed by atoms with Crippen LogP contribution in [0.15, 0.2) is 12.4 Å². The summed E-state index contributed by atoms with van der Waals surface area (Å²) in [4.78, 5) is 0. The van der Waals surface area contributed by atoms with Crippen LogP contribution in [-0.4, -0.2) is 46.7 Å². The maximum atomic E-state index is 6.03. The zero-order valence-electron chi connectivity index (χ0n) is 8.27. The van der Waals surface area contributed by atoms with Crippen LogP contribution >= 0.6 is 46.4 Å². The van der Waals surface area contributed by atoms with Crippen molar-refractivity contribution in [2.45, 2.75) is 0 Å². The van der Waals surface area contributed by atoms with Crippen LogP contribution < -0.4 is 9.18 Å². The average Bonchev–Trinajstić information content (AvgIpc) is 2.36. The fraction of sp³-hybridized carbons (Fsp3) is 0. The molecule has 18 heavy (non-hydrogen) atoms. The van der Waals surface area contributed by atoms with Gasteiger partial charge in [-0.25, -0.2) is 0 Å². The summed E-state index contributed by atoms with van der Waals surface area (Å²) in [6.45, 7) is 0. The summed E-state index contributed by atoms with van der Waals surface area (Å²) in [5.41, 5.74) is 0. The first kappa shape index (κ1) is 14.8. The number of halogens is 4. The Bertz CT molecular complexity index is 532. The minimum atomic E-state index is -0.0367. The van der Waals surface area contributed by atoms with Crippen molar-refractivity contribution in [3.05, 3.63) is 32.5 Å². The Hall–Kier alpha value is 0.359. The van der Waals surface area contributed by atoms with Crippen LogP contribution in [0.4, 0.5) is 0 Å². The van der Waals surface area contributed by atoms with Crippen molar-refractivity contribution in [2.24, 2.45) is 0 Å². The second kappa shape index (κ2) is 6.69. The van der Waals surface area contributed by atoms with Gasteiger partial charge in [0.25, 0.3) is 0 Å². The van der Waals surface area contributed by atoms with Crippen molar-refractivity contribution in [3.63, 3.8) is 0 Å². The molecule has 0 atom stereocenters. The molecule has 0 aliphatic carbocycles. The zero-order chi connectivity index (χ0) is 13.1. The summed E-state index contributed by atoms with van der Waals surface area (Å²) < 4.78 is 1.35. The summed E-state index contributed by atoms with van der Waals surface area (Å²) in [7, 11) is 0. The third-order valence-corrected chi connectivity index (χ3v) is 10.1. The van der Waals surface area contributed by atoms with E-state index in [2.05, 4.69) is 20.4 Å². The molecular weight excluding hydrogens is 452 g/mol. The molecule has 0 aliphatic rings. The van der Waals surface area contributed by atoms with Crippen LogP contribution in [0.5, 0.6) is 0 Å². The molecule has 0 bridgehead atoms. The SMILES string of the molecule is Clc1cnnc([Se][Se]c2nncc(Cl)c2Cl)c1Cl. The Balaban J connectivity index is 2.17. The number of aromatic nitrogens is 4. The number of nitrogens with zero attached hydrogens (tertiary/aromatic N) is 4. The molecule has 0 radical (unpaired) electrons. The third kappa shape index (κ3) is 3.47. The molecule has 10 heteroatoms. The molecular formula is C8H2Cl4N4Se2. The number of hydrogen-bond acceptors (Lipinski definition) is 4. The van der Waals surface area contributed by atoms with Gasteiger partial charge in [0.15, 0.2) is 0 Å². The molecule has 2 rings (SSSR count). The van der Waals surface area contributed by atoms with E-state index in [9.17, 15) is 0 Å². The summed E-state index contributed by atoms with van der Waals surface area (Å²) in [5, 5.41) is 17.1. The number of rotatable bonds is 3. The van der Waals surface area contributed by atoms with Gasteiger partial charge in [0.05, 0.1) is 0 Å². The molecule has 0 saturated heterocycles. The fourth-order valence-corrected chi connectivity index (χ4v) is 8.73. The van der Waals surface area contributed by atoms with E-state index in [1.54, 1.807) is 0 Å². The van der Waals surface area contributed by atoms with Crippen molar-refractivity contribution >= 4 is 81.9 Å². The molecule has 0 aromatic carbocycles. The van der Waals surface area contributed by atoms with E-state index in [1.807, 2.05) is 0 Å². The van der Waals surface area contributed by atoms with Crippen LogP contribution in [0.2, 0.25) is 20.1 Å². The first-order valence-electron chi connectivity index (χ1n) is 4.27. The van der Waals surface area contributed by atoms with Gasteiger partial charge in [0, 0.05) is 0 Å². The van der Waals surface area contributed by atoms with Crippen molar-refractivity contribution < 1.29 is 0 Å². The van der Waals surface area contributed by atoms with Crippen molar-refractivity contribution in [3.8, 4) is 0 Å². The van der Waals surface area contributed by atoms with E-state index in [4.69, 9.17) is 46.4 Å². The molecule has 2 aromatic rings. The van der Waals surface area contributed by atoms with Crippen LogP contribution in [0.25, 0.3) is 0 Å². The molecule has 0 unspecified atom stereocenters. The van der Waals surface area contributed by atoms with Crippen LogP contribution in [-0.2, 0) is 0 Å². The molecule has 0 amide bonds. The Morgan fingerprint density at radius 1 is 0.722 bits per heavy atom. The Kier molecular flexibility index (Phi) is 5.48. The molecule has 0 fully saturated rings. The van der Waals surface area contributed by atoms with Crippen LogP contribution in [0.3, 0.4) is 0 Å². The van der Waals surface area contributed by atoms with E-state index >= 15 is 0 Å². The van der Waals surface area contributed by atoms with E-state index in [0.29, 0.717) is 29.3 Å². The monoisotopic (exact) mass is 454 g/mol. The van der Waals surface area contributed by atoms with E-state index in [1.165, 1.54) is 12.4 Å². The molecule has 0 N–H and O–H groups in total. The molecule has 2 aromatic heterocycles. The molecule has 4 nitrogen and oxygen atoms in total. The van der Waals surface area contributed by atoms with Gasteiger partial charge in [0.2, 0.25) is 0 Å². The van der Waals surface area contributed by atoms with Crippen LogP contribution in [0.1, 0.15) is 0 Å². The van der Waals surface area contributed by atoms with Crippen molar-refractivity contribution in [1.82, 2.24) is 20.4 Å². The second-order valence-electron chi connectivity index (χ2n) is 2.79. The van der Waals surface area contributed by atoms with E-state index in [-0.39, 0.29) is 26.3 Å². The standard InChI is InChI=1S/C8H2Cl4N4Se2/c9-3-1-13-15-7(5(3)11)17-18-8-6(12)4(10)2-14-16-8/h1-2H. The minimum absolute atomic E-state index is 0.0367. The van der Waals surface area contributed by atoms with Gasteiger partial charge in [0.1, 0.15) is 0 Å². The van der Waals surface area contributed by atoms with Gasteiger partial charge in [-0.15, -0.1) is 0 Å². The molecule has 2 heterocycles. The summed E-state index contributed by atoms with van der Waals surface area (Å²) in [6.07, 6.45) is 2.81. The zero-order valence-corrected chi connectivity index (χ0v) is 14.7. The Morgan fingerprint density at radius 3 is 1.50 bits per heavy atom. The molecule has 0 saturated carbocycles. The number of hydrogen-bond donors (Lipinski definition) is 0. The normalized spacial score (nSPS) is 10.7. The van der Waals surface area contributed by atoms with Gasteiger partial charge in [-0.2, -0.15) is 0 Å². The van der Waals surface area contributed by atoms with Gasteiger partial charge in [-0.3, -0.25) is 0 Å². The topological polar surface area (TPSA) is 51.6 Å². The Labute approximate surface area is 134 Å². The fourth-order valence-electron chi connectivity index (χ4n) is 0.855. The average molecular weight is 454 g/mol. The predicted molar refractivity (Wildman–Crippen MR) is 74.9 cm³/mol. The molecule has 0 spiro atoms. The maximum absolute atomic E-state index is 6.03. The van der Waals surface area contributed by atoms with Crippen LogP contribution in [0, 0.1) is 0 Å². The first-order valence-corrected chi connectivity index (χ1v) is 11.8. The third-order valence-electron chi connectivity index (χ3n) is 1.63. The van der Waals surface area contributed by atoms with Gasteiger partial charge < -0.3 is 0 Å². The van der Waals surface area contributed by atoms with Gasteiger partial charge in [-0.1, -0.05) is 0 Å². The predicted octanol–water partition coefficient (Wildman–Crippen LogP) is 1.15. The van der Waals surface area contributed by atoms with Crippen molar-refractivity contribution in [1.29, 1.82) is 0 Å². The quantitative estimate of drug-likeness (QED) is 0.654. The second-order valence-corrected chi connectivity index (χ2v) is 10.3. The van der Waals surface area contributed by atoms with Gasteiger partial charge in [-0.05, 0) is 0 Å². The summed E-state index contributed by atoms with van der Waals surface area (Å²) >= 11 is 23.7. The van der Waals surface area contributed by atoms with E-state index in [0.717, 1.165) is 0 Å². The van der Waals surface area contributed by atoms with E-state index < -0.39 is 0 Å². The Morgan fingerprint density at radius 2 is 1.11 bits per heavy atom. The molecule has 0 aliphatic heterocycles. The summed E-state index contributed by atoms with van der Waals surface area (Å²) in [6, 6.07) is 0. The van der Waals surface area contributed by atoms with Gasteiger partial charge >= 0.3 is 135 Å².